The summed E-state index contributed by atoms with van der Waals surface area (Å²) < 4.78 is 11.5. The summed E-state index contributed by atoms with van der Waals surface area (Å²) in [6.07, 6.45) is -0.520. The summed E-state index contributed by atoms with van der Waals surface area (Å²) in [5.41, 5.74) is 1.09. The zero-order chi connectivity index (χ0) is 31.7. The molecule has 0 saturated carbocycles. The van der Waals surface area contributed by atoms with Crippen molar-refractivity contribution in [3.63, 3.8) is 0 Å². The van der Waals surface area contributed by atoms with Crippen molar-refractivity contribution in [2.24, 2.45) is 17.3 Å². The van der Waals surface area contributed by atoms with Gasteiger partial charge >= 0.3 is 12.1 Å². The number of cyclic esters (lactones) is 1. The molecule has 2 N–H and O–H groups in total. The third kappa shape index (κ3) is 9.71. The first-order valence-electron chi connectivity index (χ1n) is 15.0. The molecule has 43 heavy (non-hydrogen) atoms. The van der Waals surface area contributed by atoms with Gasteiger partial charge in [0.1, 0.15) is 18.5 Å². The lowest BCUT2D eigenvalue weighted by molar-refractivity contribution is -0.154. The minimum Gasteiger partial charge on any atom is -0.458 e. The monoisotopic (exact) mass is 614 g/mol. The molecule has 2 heterocycles. The Bertz CT molecular complexity index is 1260. The number of rotatable bonds is 4. The number of hydrogen-bond acceptors (Lipinski definition) is 9. The average molecular weight is 615 g/mol. The molecule has 0 bridgehead atoms. The SMILES string of the molecule is C/C(=C\c1csc(C)n1)[C@@H]1CCN(C(=O)OCc2ccccc2)CCC[C@H](C)[C@H](O)[C@@H](C)C(=O)C(C)(C)[C@@H](O)CC(=O)O1. The van der Waals surface area contributed by atoms with Gasteiger partial charge in [-0.15, -0.1) is 11.3 Å². The Morgan fingerprint density at radius 3 is 2.51 bits per heavy atom. The van der Waals surface area contributed by atoms with Crippen LogP contribution in [0.5, 0.6) is 0 Å². The molecule has 0 unspecified atom stereocenters. The summed E-state index contributed by atoms with van der Waals surface area (Å²) in [6.45, 7) is 11.2. The van der Waals surface area contributed by atoms with E-state index in [9.17, 15) is 24.6 Å². The van der Waals surface area contributed by atoms with Gasteiger partial charge in [-0.1, -0.05) is 58.0 Å². The molecular formula is C33H46N2O7S. The molecule has 1 saturated heterocycles. The van der Waals surface area contributed by atoms with Crippen LogP contribution in [0.1, 0.15) is 76.6 Å². The number of benzene rings is 1. The van der Waals surface area contributed by atoms with E-state index in [1.807, 2.05) is 62.6 Å². The second kappa shape index (κ2) is 15.6. The molecule has 0 aliphatic carbocycles. The molecule has 1 fully saturated rings. The molecule has 0 spiro atoms. The number of nitrogens with zero attached hydrogens (tertiary/aromatic N) is 2. The molecule has 1 aliphatic heterocycles. The van der Waals surface area contributed by atoms with Crippen LogP contribution in [0.15, 0.2) is 41.3 Å². The number of Topliss-reactive ketones (excluding diaryl/α,β-unsaturated/α-hetero) is 1. The topological polar surface area (TPSA) is 126 Å². The van der Waals surface area contributed by atoms with Crippen molar-refractivity contribution in [1.29, 1.82) is 0 Å². The number of aromatic nitrogens is 1. The Kier molecular flexibility index (Phi) is 12.5. The van der Waals surface area contributed by atoms with Gasteiger partial charge in [-0.2, -0.15) is 0 Å². The Balaban J connectivity index is 1.88. The van der Waals surface area contributed by atoms with Crippen LogP contribution >= 0.6 is 11.3 Å². The maximum atomic E-state index is 13.4. The minimum atomic E-state index is -1.30. The maximum Gasteiger partial charge on any atom is 0.410 e. The van der Waals surface area contributed by atoms with Crippen LogP contribution < -0.4 is 0 Å². The summed E-state index contributed by atoms with van der Waals surface area (Å²) in [5, 5.41) is 24.8. The molecule has 9 nitrogen and oxygen atoms in total. The Hall–Kier alpha value is -3.08. The quantitative estimate of drug-likeness (QED) is 0.428. The smallest absolute Gasteiger partial charge is 0.410 e. The first-order chi connectivity index (χ1) is 20.3. The third-order valence-corrected chi connectivity index (χ3v) is 9.13. The van der Waals surface area contributed by atoms with Crippen LogP contribution in [0.2, 0.25) is 0 Å². The maximum absolute atomic E-state index is 13.4. The van der Waals surface area contributed by atoms with Crippen LogP contribution in [-0.2, 0) is 25.7 Å². The molecule has 1 aliphatic rings. The highest BCUT2D eigenvalue weighted by Crippen LogP contribution is 2.32. The normalized spacial score (nSPS) is 26.6. The highest BCUT2D eigenvalue weighted by molar-refractivity contribution is 7.09. The molecule has 3 rings (SSSR count). The van der Waals surface area contributed by atoms with Gasteiger partial charge in [-0.05, 0) is 49.8 Å². The second-order valence-electron chi connectivity index (χ2n) is 12.2. The van der Waals surface area contributed by atoms with E-state index in [1.54, 1.807) is 25.7 Å². The van der Waals surface area contributed by atoms with Gasteiger partial charge in [0.25, 0.3) is 0 Å². The molecule has 2 aromatic rings. The van der Waals surface area contributed by atoms with Crippen molar-refractivity contribution in [2.45, 2.75) is 92.1 Å². The van der Waals surface area contributed by atoms with Crippen molar-refractivity contribution in [1.82, 2.24) is 9.88 Å². The van der Waals surface area contributed by atoms with E-state index in [0.717, 1.165) is 21.8 Å². The minimum absolute atomic E-state index is 0.124. The standard InChI is InChI=1S/C33H46N2O7S/c1-21-11-10-15-35(32(40)41-19-25-12-8-7-9-13-25)16-14-27(22(2)17-26-20-43-24(4)34-26)42-29(37)18-28(36)33(5,6)31(39)23(3)30(21)38/h7-9,12-13,17,20-21,23,27-28,30,36,38H,10-11,14-16,18-19H2,1-6H3/b22-17+/t21-,23+,27-,28-,30-/m0/s1. The number of esters is 1. The number of ether oxygens (including phenoxy) is 2. The molecular weight excluding hydrogens is 568 g/mol. The van der Waals surface area contributed by atoms with E-state index in [4.69, 9.17) is 9.47 Å². The number of carbonyl (C=O) groups is 3. The summed E-state index contributed by atoms with van der Waals surface area (Å²) in [6, 6.07) is 9.42. The second-order valence-corrected chi connectivity index (χ2v) is 13.2. The molecule has 1 aromatic heterocycles. The van der Waals surface area contributed by atoms with Gasteiger partial charge in [0, 0.05) is 30.8 Å². The Labute approximate surface area is 258 Å². The fourth-order valence-electron chi connectivity index (χ4n) is 5.32. The number of carbonyl (C=O) groups excluding carboxylic acids is 3. The third-order valence-electron chi connectivity index (χ3n) is 8.34. The zero-order valence-electron chi connectivity index (χ0n) is 26.1. The van der Waals surface area contributed by atoms with Crippen molar-refractivity contribution >= 4 is 35.3 Å². The number of aliphatic hydroxyl groups excluding tert-OH is 2. The Morgan fingerprint density at radius 1 is 1.16 bits per heavy atom. The van der Waals surface area contributed by atoms with Gasteiger partial charge in [0.05, 0.1) is 34.7 Å². The van der Waals surface area contributed by atoms with Crippen molar-refractivity contribution in [3.05, 3.63) is 57.6 Å². The van der Waals surface area contributed by atoms with Crippen LogP contribution in [0.3, 0.4) is 0 Å². The lowest BCUT2D eigenvalue weighted by Gasteiger charge is -2.35. The average Bonchev–Trinajstić information content (AvgIpc) is 3.39. The number of thiazole rings is 1. The number of hydrogen-bond donors (Lipinski definition) is 2. The van der Waals surface area contributed by atoms with Gasteiger partial charge in [0.15, 0.2) is 0 Å². The summed E-state index contributed by atoms with van der Waals surface area (Å²) >= 11 is 1.51. The van der Waals surface area contributed by atoms with Gasteiger partial charge in [0.2, 0.25) is 0 Å². The summed E-state index contributed by atoms with van der Waals surface area (Å²) in [5.74, 6) is -1.97. The van der Waals surface area contributed by atoms with Crippen molar-refractivity contribution < 1.29 is 34.1 Å². The van der Waals surface area contributed by atoms with E-state index < -0.39 is 41.7 Å². The molecule has 5 atom stereocenters. The van der Waals surface area contributed by atoms with E-state index >= 15 is 0 Å². The van der Waals surface area contributed by atoms with Gasteiger partial charge < -0.3 is 24.6 Å². The van der Waals surface area contributed by atoms with E-state index in [0.29, 0.717) is 25.8 Å². The fourth-order valence-corrected chi connectivity index (χ4v) is 5.89. The van der Waals surface area contributed by atoms with Gasteiger partial charge in [-0.3, -0.25) is 9.59 Å². The zero-order valence-corrected chi connectivity index (χ0v) is 26.9. The van der Waals surface area contributed by atoms with Crippen LogP contribution in [-0.4, -0.2) is 69.3 Å². The number of ketones is 1. The van der Waals surface area contributed by atoms with Crippen molar-refractivity contribution in [3.8, 4) is 0 Å². The first kappa shape index (κ1) is 34.4. The highest BCUT2D eigenvalue weighted by Gasteiger charge is 2.42. The molecule has 0 radical (unpaired) electrons. The highest BCUT2D eigenvalue weighted by atomic mass is 32.1. The molecule has 10 heteroatoms. The predicted octanol–water partition coefficient (Wildman–Crippen LogP) is 5.57. The number of amides is 1. The lowest BCUT2D eigenvalue weighted by Crippen LogP contribution is -2.46. The van der Waals surface area contributed by atoms with Crippen LogP contribution in [0, 0.1) is 24.2 Å². The molecule has 236 valence electrons. The number of aryl methyl sites for hydroxylation is 1. The summed E-state index contributed by atoms with van der Waals surface area (Å²) in [4.78, 5) is 45.9. The van der Waals surface area contributed by atoms with E-state index in [1.165, 1.54) is 11.3 Å². The first-order valence-corrected chi connectivity index (χ1v) is 15.8. The van der Waals surface area contributed by atoms with Crippen LogP contribution in [0.25, 0.3) is 6.08 Å². The van der Waals surface area contributed by atoms with Crippen LogP contribution in [0.4, 0.5) is 4.79 Å². The lowest BCUT2D eigenvalue weighted by atomic mass is 9.73. The Morgan fingerprint density at radius 2 is 1.86 bits per heavy atom. The predicted molar refractivity (Wildman–Crippen MR) is 166 cm³/mol. The largest absolute Gasteiger partial charge is 0.458 e. The van der Waals surface area contributed by atoms with E-state index in [2.05, 4.69) is 4.98 Å². The fraction of sp³-hybridized carbons (Fsp3) is 0.576. The van der Waals surface area contributed by atoms with E-state index in [-0.39, 0.29) is 31.3 Å². The van der Waals surface area contributed by atoms with Crippen molar-refractivity contribution in [2.75, 3.05) is 13.1 Å². The van der Waals surface area contributed by atoms with Gasteiger partial charge in [-0.25, -0.2) is 9.78 Å². The summed E-state index contributed by atoms with van der Waals surface area (Å²) in [7, 11) is 0. The number of aliphatic hydroxyl groups is 2. The molecule has 1 amide bonds. The molecule has 1 aromatic carbocycles.